The number of rotatable bonds is 11. The number of nitrogens with one attached hydrogen (secondary N) is 1. The lowest BCUT2D eigenvalue weighted by molar-refractivity contribution is -0.143. The molecule has 2 atom stereocenters. The summed E-state index contributed by atoms with van der Waals surface area (Å²) in [4.78, 5) is 28.1. The Bertz CT molecular complexity index is 894. The molecule has 5 heteroatoms. The molecule has 0 saturated heterocycles. The van der Waals surface area contributed by atoms with Crippen LogP contribution in [0.15, 0.2) is 48.5 Å². The summed E-state index contributed by atoms with van der Waals surface area (Å²) in [6.07, 6.45) is 1.37. The molecule has 0 heterocycles. The van der Waals surface area contributed by atoms with E-state index in [-0.39, 0.29) is 30.4 Å². The van der Waals surface area contributed by atoms with Gasteiger partial charge in [-0.25, -0.2) is 0 Å². The maximum absolute atomic E-state index is 13.4. The van der Waals surface area contributed by atoms with Crippen LogP contribution in [-0.4, -0.2) is 35.4 Å². The smallest absolute Gasteiger partial charge is 0.261 e. The van der Waals surface area contributed by atoms with Crippen LogP contribution < -0.4 is 10.1 Å². The summed E-state index contributed by atoms with van der Waals surface area (Å²) in [6.45, 7) is 12.4. The molecule has 0 bridgehead atoms. The molecule has 0 aliphatic carbocycles. The third-order valence-electron chi connectivity index (χ3n) is 5.88. The maximum Gasteiger partial charge on any atom is 0.261 e. The molecule has 0 aliphatic rings. The van der Waals surface area contributed by atoms with Crippen molar-refractivity contribution >= 4 is 11.8 Å². The number of aryl methyl sites for hydroxylation is 1. The van der Waals surface area contributed by atoms with Crippen LogP contribution in [0.5, 0.6) is 5.75 Å². The zero-order valence-electron chi connectivity index (χ0n) is 20.4. The Balaban J connectivity index is 2.27. The molecule has 0 radical (unpaired) electrons. The maximum atomic E-state index is 13.4. The summed E-state index contributed by atoms with van der Waals surface area (Å²) >= 11 is 0. The highest BCUT2D eigenvalue weighted by atomic mass is 16.5. The standard InChI is InChI=1S/C27H38N2O3/c1-7-21(6)28-27(31)24(8-2)29(17-22-14-10-9-13-20(22)5)26(30)18-32-25-16-12-11-15-23(25)19(3)4/h9-16,19,21,24H,7-8,17-18H2,1-6H3,(H,28,31)/t21-,24+/m1/s1. The first-order chi connectivity index (χ1) is 15.3. The first-order valence-corrected chi connectivity index (χ1v) is 11.6. The van der Waals surface area contributed by atoms with Gasteiger partial charge in [0.2, 0.25) is 5.91 Å². The number of benzene rings is 2. The normalized spacial score (nSPS) is 12.8. The molecule has 1 N–H and O–H groups in total. The molecule has 0 spiro atoms. The Morgan fingerprint density at radius 1 is 0.969 bits per heavy atom. The van der Waals surface area contributed by atoms with Gasteiger partial charge in [-0.2, -0.15) is 0 Å². The minimum Gasteiger partial charge on any atom is -0.483 e. The van der Waals surface area contributed by atoms with Crippen molar-refractivity contribution in [1.29, 1.82) is 0 Å². The largest absolute Gasteiger partial charge is 0.483 e. The van der Waals surface area contributed by atoms with Crippen molar-refractivity contribution in [2.24, 2.45) is 0 Å². The van der Waals surface area contributed by atoms with Gasteiger partial charge in [0.1, 0.15) is 11.8 Å². The highest BCUT2D eigenvalue weighted by Crippen LogP contribution is 2.26. The lowest BCUT2D eigenvalue weighted by atomic mass is 10.0. The topological polar surface area (TPSA) is 58.6 Å². The zero-order chi connectivity index (χ0) is 23.7. The monoisotopic (exact) mass is 438 g/mol. The molecule has 2 aromatic rings. The lowest BCUT2D eigenvalue weighted by Crippen LogP contribution is -2.51. The zero-order valence-corrected chi connectivity index (χ0v) is 20.4. The number of ether oxygens (including phenoxy) is 1. The molecule has 32 heavy (non-hydrogen) atoms. The molecular formula is C27H38N2O3. The molecule has 5 nitrogen and oxygen atoms in total. The first-order valence-electron chi connectivity index (χ1n) is 11.6. The van der Waals surface area contributed by atoms with E-state index in [0.29, 0.717) is 18.7 Å². The quantitative estimate of drug-likeness (QED) is 0.523. The first kappa shape index (κ1) is 25.4. The van der Waals surface area contributed by atoms with E-state index in [4.69, 9.17) is 4.74 Å². The summed E-state index contributed by atoms with van der Waals surface area (Å²) in [5.41, 5.74) is 3.18. The van der Waals surface area contributed by atoms with Gasteiger partial charge in [-0.1, -0.05) is 70.2 Å². The summed E-state index contributed by atoms with van der Waals surface area (Å²) in [6, 6.07) is 15.3. The Kier molecular flexibility index (Phi) is 9.76. The fraction of sp³-hybridized carbons (Fsp3) is 0.481. The van der Waals surface area contributed by atoms with Gasteiger partial charge < -0.3 is 15.0 Å². The van der Waals surface area contributed by atoms with Crippen molar-refractivity contribution < 1.29 is 14.3 Å². The van der Waals surface area contributed by atoms with E-state index >= 15 is 0 Å². The molecule has 0 saturated carbocycles. The number of amides is 2. The minimum absolute atomic E-state index is 0.0566. The Hall–Kier alpha value is -2.82. The van der Waals surface area contributed by atoms with Crippen molar-refractivity contribution in [1.82, 2.24) is 10.2 Å². The van der Waals surface area contributed by atoms with Gasteiger partial charge in [0.25, 0.3) is 5.91 Å². The lowest BCUT2D eigenvalue weighted by Gasteiger charge is -2.32. The molecule has 2 amide bonds. The van der Waals surface area contributed by atoms with Crippen LogP contribution in [0.25, 0.3) is 0 Å². The molecule has 2 aromatic carbocycles. The average Bonchev–Trinajstić information content (AvgIpc) is 2.78. The van der Waals surface area contributed by atoms with Crippen molar-refractivity contribution in [3.8, 4) is 5.75 Å². The summed E-state index contributed by atoms with van der Waals surface area (Å²) < 4.78 is 5.96. The van der Waals surface area contributed by atoms with Gasteiger partial charge in [-0.05, 0) is 55.4 Å². The van der Waals surface area contributed by atoms with Crippen LogP contribution in [0.4, 0.5) is 0 Å². The van der Waals surface area contributed by atoms with E-state index in [1.165, 1.54) is 0 Å². The summed E-state index contributed by atoms with van der Waals surface area (Å²) in [5, 5.41) is 3.04. The molecule has 174 valence electrons. The second-order valence-corrected chi connectivity index (χ2v) is 8.67. The number of hydrogen-bond acceptors (Lipinski definition) is 3. The summed E-state index contributed by atoms with van der Waals surface area (Å²) in [7, 11) is 0. The number of para-hydroxylation sites is 1. The number of hydrogen-bond donors (Lipinski definition) is 1. The Morgan fingerprint density at radius 2 is 1.62 bits per heavy atom. The van der Waals surface area contributed by atoms with Crippen LogP contribution in [0.3, 0.4) is 0 Å². The van der Waals surface area contributed by atoms with Crippen LogP contribution in [-0.2, 0) is 16.1 Å². The van der Waals surface area contributed by atoms with Crippen molar-refractivity contribution in [2.45, 2.75) is 78.9 Å². The van der Waals surface area contributed by atoms with Crippen LogP contribution in [0, 0.1) is 6.92 Å². The van der Waals surface area contributed by atoms with Gasteiger partial charge in [0.15, 0.2) is 6.61 Å². The predicted octanol–water partition coefficient (Wildman–Crippen LogP) is 5.22. The third kappa shape index (κ3) is 6.84. The second-order valence-electron chi connectivity index (χ2n) is 8.67. The van der Waals surface area contributed by atoms with E-state index in [2.05, 4.69) is 19.2 Å². The third-order valence-corrected chi connectivity index (χ3v) is 5.88. The van der Waals surface area contributed by atoms with E-state index in [1.54, 1.807) is 4.90 Å². The van der Waals surface area contributed by atoms with Gasteiger partial charge in [0, 0.05) is 12.6 Å². The fourth-order valence-corrected chi connectivity index (χ4v) is 3.64. The molecular weight excluding hydrogens is 400 g/mol. The van der Waals surface area contributed by atoms with Crippen LogP contribution >= 0.6 is 0 Å². The molecule has 0 aliphatic heterocycles. The highest BCUT2D eigenvalue weighted by molar-refractivity contribution is 5.88. The molecule has 2 rings (SSSR count). The average molecular weight is 439 g/mol. The second kappa shape index (κ2) is 12.3. The van der Waals surface area contributed by atoms with E-state index in [0.717, 1.165) is 23.1 Å². The Morgan fingerprint density at radius 3 is 2.25 bits per heavy atom. The van der Waals surface area contributed by atoms with Crippen LogP contribution in [0.1, 0.15) is 70.1 Å². The number of nitrogens with zero attached hydrogens (tertiary/aromatic N) is 1. The van der Waals surface area contributed by atoms with Gasteiger partial charge in [0.05, 0.1) is 0 Å². The predicted molar refractivity (Wildman–Crippen MR) is 130 cm³/mol. The molecule has 0 unspecified atom stereocenters. The van der Waals surface area contributed by atoms with Gasteiger partial charge >= 0.3 is 0 Å². The van der Waals surface area contributed by atoms with E-state index in [1.807, 2.05) is 76.2 Å². The molecule has 0 aromatic heterocycles. The SMILES string of the molecule is CC[C@@H](C)NC(=O)[C@H](CC)N(Cc1ccccc1C)C(=O)COc1ccccc1C(C)C. The highest BCUT2D eigenvalue weighted by Gasteiger charge is 2.30. The Labute approximate surface area is 193 Å². The van der Waals surface area contributed by atoms with E-state index < -0.39 is 6.04 Å². The van der Waals surface area contributed by atoms with Gasteiger partial charge in [-0.3, -0.25) is 9.59 Å². The fourth-order valence-electron chi connectivity index (χ4n) is 3.64. The summed E-state index contributed by atoms with van der Waals surface area (Å²) in [5.74, 6) is 0.683. The molecule has 0 fully saturated rings. The minimum atomic E-state index is -0.556. The van der Waals surface area contributed by atoms with Crippen LogP contribution in [0.2, 0.25) is 0 Å². The number of carbonyl (C=O) groups is 2. The van der Waals surface area contributed by atoms with E-state index in [9.17, 15) is 9.59 Å². The van der Waals surface area contributed by atoms with Crippen molar-refractivity contribution in [3.63, 3.8) is 0 Å². The van der Waals surface area contributed by atoms with Crippen molar-refractivity contribution in [3.05, 3.63) is 65.2 Å². The van der Waals surface area contributed by atoms with Crippen molar-refractivity contribution in [2.75, 3.05) is 6.61 Å². The number of carbonyl (C=O) groups excluding carboxylic acids is 2. The van der Waals surface area contributed by atoms with Gasteiger partial charge in [-0.15, -0.1) is 0 Å².